The van der Waals surface area contributed by atoms with E-state index < -0.39 is 0 Å². The predicted molar refractivity (Wildman–Crippen MR) is 317 cm³/mol. The fourth-order valence-electron chi connectivity index (χ4n) is 10.1. The van der Waals surface area contributed by atoms with Crippen LogP contribution in [0.1, 0.15) is 101 Å². The first-order valence-electron chi connectivity index (χ1n) is 26.4. The van der Waals surface area contributed by atoms with Crippen molar-refractivity contribution in [2.24, 2.45) is 0 Å². The average Bonchev–Trinajstić information content (AvgIpc) is 3.46. The molecule has 0 bridgehead atoms. The molecule has 75 heavy (non-hydrogen) atoms. The smallest absolute Gasteiger partial charge is 0.150 e. The highest BCUT2D eigenvalue weighted by atomic mass is 16.5. The van der Waals surface area contributed by atoms with Crippen molar-refractivity contribution in [2.45, 2.75) is 87.5 Å². The van der Waals surface area contributed by atoms with E-state index in [0.717, 1.165) is 85.1 Å². The summed E-state index contributed by atoms with van der Waals surface area (Å²) in [7, 11) is 3.50. The van der Waals surface area contributed by atoms with Crippen molar-refractivity contribution in [3.05, 3.63) is 225 Å². The van der Waals surface area contributed by atoms with Gasteiger partial charge in [0.05, 0.1) is 48.9 Å². The van der Waals surface area contributed by atoms with E-state index in [2.05, 4.69) is 190 Å². The van der Waals surface area contributed by atoms with Gasteiger partial charge in [0.15, 0.2) is 5.75 Å². The number of allylic oxidation sites excluding steroid dienone is 3. The zero-order valence-corrected chi connectivity index (χ0v) is 45.6. The summed E-state index contributed by atoms with van der Waals surface area (Å²) in [5.74, 6) is 1.93. The summed E-state index contributed by atoms with van der Waals surface area (Å²) < 4.78 is 12.5. The molecule has 0 N–H and O–H groups in total. The fourth-order valence-corrected chi connectivity index (χ4v) is 10.1. The van der Waals surface area contributed by atoms with Crippen LogP contribution in [0.3, 0.4) is 0 Å². The number of ether oxygens (including phenoxy) is 2. The van der Waals surface area contributed by atoms with Gasteiger partial charge in [-0.1, -0.05) is 158 Å². The maximum Gasteiger partial charge on any atom is 0.150 e. The van der Waals surface area contributed by atoms with Gasteiger partial charge >= 0.3 is 0 Å². The van der Waals surface area contributed by atoms with E-state index in [-0.39, 0.29) is 0 Å². The molecule has 1 aliphatic rings. The molecule has 0 fully saturated rings. The van der Waals surface area contributed by atoms with E-state index in [1.165, 1.54) is 32.7 Å². The number of anilines is 4. The van der Waals surface area contributed by atoms with Crippen LogP contribution in [0.25, 0.3) is 44.8 Å². The summed E-state index contributed by atoms with van der Waals surface area (Å²) in [5.41, 5.74) is 16.0. The van der Waals surface area contributed by atoms with Gasteiger partial charge in [-0.25, -0.2) is 0 Å². The van der Waals surface area contributed by atoms with E-state index in [1.807, 2.05) is 76.2 Å². The van der Waals surface area contributed by atoms with Crippen LogP contribution in [0, 0.1) is 29.6 Å². The topological polar surface area (TPSA) is 72.5 Å². The molecule has 0 saturated carbocycles. The Hall–Kier alpha value is -8.58. The Kier molecular flexibility index (Phi) is 18.3. The number of methoxy groups -OCH3 is 2. The third-order valence-corrected chi connectivity index (χ3v) is 13.6. The molecule has 9 rings (SSSR count). The molecule has 0 aromatic heterocycles. The number of para-hydroxylation sites is 2. The van der Waals surface area contributed by atoms with Gasteiger partial charge in [-0.2, -0.15) is 10.5 Å². The second-order valence-electron chi connectivity index (χ2n) is 18.2. The van der Waals surface area contributed by atoms with Gasteiger partial charge in [-0.05, 0) is 155 Å². The van der Waals surface area contributed by atoms with Crippen molar-refractivity contribution in [3.8, 4) is 45.9 Å². The third-order valence-electron chi connectivity index (χ3n) is 13.6. The van der Waals surface area contributed by atoms with Gasteiger partial charge in [0.1, 0.15) is 5.75 Å². The summed E-state index contributed by atoms with van der Waals surface area (Å²) in [6.45, 7) is 18.8. The third kappa shape index (κ3) is 11.3. The molecule has 6 heteroatoms. The standard InChI is InChI=1S/C65H58N4O2.2C2H6/c1-8-15-60(69(53-35-29-47(42-67)30-36-53)61-25-14-24-58(65(61)71-7)49-18-10-16-45(9-2)38-49)59-37-32-48-17-11-20-55(40-51-31-26-44(5)62(59)63(48)51)68(52-33-27-46(41-66)28-34-52)54-21-12-19-50(39-54)57-23-13-22-56(43(3)4)64(57)70-6;2*1-2/h8,10,12-39,43H,9,11,40H2,1-7H3;2*1-2H3/b15-8-,48-17-,55-20+,60-59+;;. The lowest BCUT2D eigenvalue weighted by atomic mass is 9.91. The minimum Gasteiger partial charge on any atom is -0.496 e. The van der Waals surface area contributed by atoms with Gasteiger partial charge < -0.3 is 19.3 Å². The van der Waals surface area contributed by atoms with Crippen LogP contribution >= 0.6 is 0 Å². The number of benzene rings is 8. The fraction of sp³-hybridized carbons (Fsp3) is 0.217. The van der Waals surface area contributed by atoms with Gasteiger partial charge in [0.2, 0.25) is 0 Å². The minimum atomic E-state index is 0.294. The molecule has 0 saturated heterocycles. The largest absolute Gasteiger partial charge is 0.496 e. The number of hydrogen-bond donors (Lipinski definition) is 0. The first-order chi connectivity index (χ1) is 36.7. The molecule has 0 heterocycles. The second-order valence-corrected chi connectivity index (χ2v) is 18.2. The maximum atomic E-state index is 9.90. The van der Waals surface area contributed by atoms with Gasteiger partial charge in [0.25, 0.3) is 0 Å². The SMILES string of the molecule is C/C=C\C(=c1\cc/c2c3c(ccc(C)c13)C/C(N(c1ccc(C#N)cc1)c1cccc(-c3cccc(C(C)C)c3OC)c1)=C\C\C=2)N(c1ccc(C#N)cc1)c1cccc(-c2cccc(CC)c2)c1OC.CC.CC. The summed E-state index contributed by atoms with van der Waals surface area (Å²) in [5, 5.41) is 24.4. The molecule has 0 atom stereocenters. The van der Waals surface area contributed by atoms with Crippen molar-refractivity contribution >= 4 is 45.3 Å². The molecular formula is C69H70N4O2. The maximum absolute atomic E-state index is 9.90. The average molecular weight is 987 g/mol. The summed E-state index contributed by atoms with van der Waals surface area (Å²) in [6, 6.07) is 59.5. The quantitative estimate of drug-likeness (QED) is 0.115. The number of nitriles is 2. The van der Waals surface area contributed by atoms with Crippen LogP contribution < -0.4 is 29.7 Å². The van der Waals surface area contributed by atoms with E-state index in [1.54, 1.807) is 14.2 Å². The Bertz CT molecular complexity index is 3570. The first kappa shape index (κ1) is 54.2. The van der Waals surface area contributed by atoms with Crippen molar-refractivity contribution in [3.63, 3.8) is 0 Å². The Morgan fingerprint density at radius 3 is 1.88 bits per heavy atom. The van der Waals surface area contributed by atoms with Gasteiger partial charge in [-0.15, -0.1) is 0 Å². The van der Waals surface area contributed by atoms with Crippen molar-refractivity contribution in [1.82, 2.24) is 0 Å². The Morgan fingerprint density at radius 1 is 0.640 bits per heavy atom. The highest BCUT2D eigenvalue weighted by Crippen LogP contribution is 2.45. The van der Waals surface area contributed by atoms with Crippen molar-refractivity contribution in [2.75, 3.05) is 24.0 Å². The van der Waals surface area contributed by atoms with Crippen LogP contribution in [-0.2, 0) is 12.8 Å². The molecule has 6 nitrogen and oxygen atoms in total. The molecule has 1 aliphatic carbocycles. The Morgan fingerprint density at radius 2 is 1.25 bits per heavy atom. The molecule has 8 aromatic rings. The monoisotopic (exact) mass is 987 g/mol. The van der Waals surface area contributed by atoms with Crippen molar-refractivity contribution < 1.29 is 9.47 Å². The van der Waals surface area contributed by atoms with Crippen LogP contribution in [0.5, 0.6) is 11.5 Å². The van der Waals surface area contributed by atoms with Crippen molar-refractivity contribution in [1.29, 1.82) is 10.5 Å². The lowest BCUT2D eigenvalue weighted by Crippen LogP contribution is -2.26. The Balaban J connectivity index is 0.00000200. The van der Waals surface area contributed by atoms with E-state index in [4.69, 9.17) is 9.47 Å². The van der Waals surface area contributed by atoms with Gasteiger partial charge in [-0.3, -0.25) is 0 Å². The lowest BCUT2D eigenvalue weighted by Gasteiger charge is -2.30. The molecule has 0 amide bonds. The zero-order valence-electron chi connectivity index (χ0n) is 45.6. The molecule has 0 aliphatic heterocycles. The summed E-state index contributed by atoms with van der Waals surface area (Å²) >= 11 is 0. The van der Waals surface area contributed by atoms with Crippen LogP contribution in [0.15, 0.2) is 182 Å². The zero-order chi connectivity index (χ0) is 53.6. The second kappa shape index (κ2) is 25.4. The molecule has 0 radical (unpaired) electrons. The normalized spacial score (nSPS) is 13.2. The van der Waals surface area contributed by atoms with Gasteiger partial charge in [0, 0.05) is 45.5 Å². The number of aryl methyl sites for hydroxylation is 2. The first-order valence-corrected chi connectivity index (χ1v) is 26.4. The predicted octanol–water partition coefficient (Wildman–Crippen LogP) is 17.0. The van der Waals surface area contributed by atoms with Crippen LogP contribution in [0.4, 0.5) is 22.7 Å². The lowest BCUT2D eigenvalue weighted by molar-refractivity contribution is 0.409. The van der Waals surface area contributed by atoms with Crippen LogP contribution in [-0.4, -0.2) is 14.2 Å². The molecule has 378 valence electrons. The molecule has 0 spiro atoms. The molecule has 8 aromatic carbocycles. The van der Waals surface area contributed by atoms with E-state index in [9.17, 15) is 10.5 Å². The van der Waals surface area contributed by atoms with E-state index in [0.29, 0.717) is 29.9 Å². The van der Waals surface area contributed by atoms with Crippen LogP contribution in [0.2, 0.25) is 0 Å². The highest BCUT2D eigenvalue weighted by molar-refractivity contribution is 5.97. The molecular weight excluding hydrogens is 917 g/mol. The summed E-state index contributed by atoms with van der Waals surface area (Å²) in [6.07, 6.45) is 11.2. The highest BCUT2D eigenvalue weighted by Gasteiger charge is 2.25. The number of nitrogens with zero attached hydrogens (tertiary/aromatic N) is 4. The number of rotatable bonds is 13. The Labute approximate surface area is 446 Å². The number of hydrogen-bond acceptors (Lipinski definition) is 6. The van der Waals surface area contributed by atoms with E-state index >= 15 is 0 Å². The minimum absolute atomic E-state index is 0.294. The molecule has 0 unspecified atom stereocenters. The summed E-state index contributed by atoms with van der Waals surface area (Å²) in [4.78, 5) is 4.62.